The minimum absolute atomic E-state index is 0.0768. The van der Waals surface area contributed by atoms with Crippen molar-refractivity contribution in [3.8, 4) is 11.5 Å². The quantitative estimate of drug-likeness (QED) is 0.580. The molecule has 146 valence electrons. The van der Waals surface area contributed by atoms with Crippen LogP contribution >= 0.6 is 0 Å². The van der Waals surface area contributed by atoms with Gasteiger partial charge in [-0.15, -0.1) is 5.10 Å². The molecule has 0 unspecified atom stereocenters. The number of hydrogen-bond acceptors (Lipinski definition) is 7. The average Bonchev–Trinajstić information content (AvgIpc) is 2.70. The third kappa shape index (κ3) is 5.57. The molecule has 3 aromatic rings. The van der Waals surface area contributed by atoms with E-state index < -0.39 is 0 Å². The highest BCUT2D eigenvalue weighted by Gasteiger charge is 2.08. The number of hydrogen-bond donors (Lipinski definition) is 2. The van der Waals surface area contributed by atoms with Crippen LogP contribution in [0.2, 0.25) is 0 Å². The van der Waals surface area contributed by atoms with Crippen molar-refractivity contribution < 1.29 is 9.47 Å². The van der Waals surface area contributed by atoms with Gasteiger partial charge in [-0.05, 0) is 50.1 Å². The highest BCUT2D eigenvalue weighted by Crippen LogP contribution is 2.27. The largest absolute Gasteiger partial charge is 0.497 e. The second kappa shape index (κ2) is 9.55. The van der Waals surface area contributed by atoms with Crippen LogP contribution in [-0.2, 0) is 6.42 Å². The molecule has 0 aliphatic heterocycles. The highest BCUT2D eigenvalue weighted by atomic mass is 16.5. The van der Waals surface area contributed by atoms with Gasteiger partial charge < -0.3 is 20.1 Å². The fourth-order valence-electron chi connectivity index (χ4n) is 2.62. The van der Waals surface area contributed by atoms with Crippen LogP contribution in [-0.4, -0.2) is 34.9 Å². The Morgan fingerprint density at radius 1 is 1.04 bits per heavy atom. The maximum Gasteiger partial charge on any atom is 0.249 e. The number of rotatable bonds is 9. The Balaban J connectivity index is 1.59. The lowest BCUT2D eigenvalue weighted by atomic mass is 10.1. The summed E-state index contributed by atoms with van der Waals surface area (Å²) in [5.74, 6) is 2.68. The first kappa shape index (κ1) is 19.4. The van der Waals surface area contributed by atoms with Crippen molar-refractivity contribution in [1.29, 1.82) is 0 Å². The third-order valence-electron chi connectivity index (χ3n) is 3.93. The Morgan fingerprint density at radius 2 is 1.82 bits per heavy atom. The molecule has 7 nitrogen and oxygen atoms in total. The number of para-hydroxylation sites is 2. The van der Waals surface area contributed by atoms with Gasteiger partial charge in [-0.25, -0.2) is 0 Å². The molecule has 0 spiro atoms. The van der Waals surface area contributed by atoms with E-state index in [1.54, 1.807) is 13.3 Å². The molecular weight excluding hydrogens is 354 g/mol. The number of ether oxygens (including phenoxy) is 2. The standard InChI is InChI=1S/C21H25N5O2/c1-15(2)28-19-7-5-4-6-18(19)24-21-25-20(14-23-26-21)22-13-12-16-8-10-17(27-3)11-9-16/h4-11,14-15H,12-13H2,1-3H3,(H2,22,24,25,26). The smallest absolute Gasteiger partial charge is 0.249 e. The zero-order chi connectivity index (χ0) is 19.8. The van der Waals surface area contributed by atoms with Crippen molar-refractivity contribution in [3.05, 3.63) is 60.3 Å². The predicted molar refractivity (Wildman–Crippen MR) is 111 cm³/mol. The van der Waals surface area contributed by atoms with Gasteiger partial charge in [0.05, 0.1) is 25.1 Å². The van der Waals surface area contributed by atoms with E-state index in [0.29, 0.717) is 11.8 Å². The Bertz CT molecular complexity index is 884. The molecule has 0 bridgehead atoms. The number of nitrogens with one attached hydrogen (secondary N) is 2. The van der Waals surface area contributed by atoms with E-state index in [4.69, 9.17) is 9.47 Å². The average molecular weight is 379 g/mol. The molecule has 28 heavy (non-hydrogen) atoms. The Labute approximate surface area is 165 Å². The molecule has 0 aliphatic carbocycles. The molecular formula is C21H25N5O2. The molecule has 2 N–H and O–H groups in total. The fourth-order valence-corrected chi connectivity index (χ4v) is 2.62. The Hall–Kier alpha value is -3.35. The molecule has 0 saturated heterocycles. The lowest BCUT2D eigenvalue weighted by Gasteiger charge is -2.14. The minimum atomic E-state index is 0.0768. The molecule has 1 aromatic heterocycles. The van der Waals surface area contributed by atoms with E-state index in [0.717, 1.165) is 30.2 Å². The summed E-state index contributed by atoms with van der Waals surface area (Å²) >= 11 is 0. The number of benzene rings is 2. The van der Waals surface area contributed by atoms with E-state index in [2.05, 4.69) is 37.9 Å². The summed E-state index contributed by atoms with van der Waals surface area (Å²) in [7, 11) is 1.66. The zero-order valence-electron chi connectivity index (χ0n) is 16.3. The maximum absolute atomic E-state index is 5.82. The van der Waals surface area contributed by atoms with Gasteiger partial charge in [0.25, 0.3) is 0 Å². The highest BCUT2D eigenvalue weighted by molar-refractivity contribution is 5.62. The van der Waals surface area contributed by atoms with E-state index in [-0.39, 0.29) is 6.10 Å². The lowest BCUT2D eigenvalue weighted by molar-refractivity contribution is 0.244. The molecule has 2 aromatic carbocycles. The molecule has 0 atom stereocenters. The van der Waals surface area contributed by atoms with Gasteiger partial charge in [0.15, 0.2) is 5.82 Å². The van der Waals surface area contributed by atoms with Crippen LogP contribution in [0.15, 0.2) is 54.7 Å². The van der Waals surface area contributed by atoms with Crippen LogP contribution in [0.5, 0.6) is 11.5 Å². The molecule has 7 heteroatoms. The summed E-state index contributed by atoms with van der Waals surface area (Å²) < 4.78 is 11.0. The lowest BCUT2D eigenvalue weighted by Crippen LogP contribution is -2.10. The van der Waals surface area contributed by atoms with Crippen LogP contribution < -0.4 is 20.1 Å². The van der Waals surface area contributed by atoms with Gasteiger partial charge in [0, 0.05) is 6.54 Å². The minimum Gasteiger partial charge on any atom is -0.497 e. The molecule has 3 rings (SSSR count). The summed E-state index contributed by atoms with van der Waals surface area (Å²) in [6.45, 7) is 4.71. The van der Waals surface area contributed by atoms with Crippen molar-refractivity contribution in [2.75, 3.05) is 24.3 Å². The maximum atomic E-state index is 5.82. The summed E-state index contributed by atoms with van der Waals surface area (Å²) in [5, 5.41) is 14.5. The summed E-state index contributed by atoms with van der Waals surface area (Å²) in [6, 6.07) is 15.7. The van der Waals surface area contributed by atoms with Crippen molar-refractivity contribution in [1.82, 2.24) is 15.2 Å². The first-order chi connectivity index (χ1) is 13.6. The number of nitrogens with zero attached hydrogens (tertiary/aromatic N) is 3. The summed E-state index contributed by atoms with van der Waals surface area (Å²) in [5.41, 5.74) is 2.02. The van der Waals surface area contributed by atoms with E-state index in [9.17, 15) is 0 Å². The molecule has 0 radical (unpaired) electrons. The molecule has 0 saturated carbocycles. The van der Waals surface area contributed by atoms with Crippen LogP contribution in [0.3, 0.4) is 0 Å². The van der Waals surface area contributed by atoms with Gasteiger partial charge in [-0.1, -0.05) is 24.3 Å². The van der Waals surface area contributed by atoms with Crippen LogP contribution in [0, 0.1) is 0 Å². The first-order valence-electron chi connectivity index (χ1n) is 9.23. The number of aromatic nitrogens is 3. The molecule has 1 heterocycles. The van der Waals surface area contributed by atoms with Crippen molar-refractivity contribution >= 4 is 17.5 Å². The van der Waals surface area contributed by atoms with Crippen molar-refractivity contribution in [3.63, 3.8) is 0 Å². The van der Waals surface area contributed by atoms with E-state index in [1.807, 2.05) is 50.2 Å². The van der Waals surface area contributed by atoms with Gasteiger partial charge in [-0.2, -0.15) is 10.1 Å². The SMILES string of the molecule is COc1ccc(CCNc2cnnc(Nc3ccccc3OC(C)C)n2)cc1. The normalized spacial score (nSPS) is 10.6. The Morgan fingerprint density at radius 3 is 2.57 bits per heavy atom. The topological polar surface area (TPSA) is 81.2 Å². The van der Waals surface area contributed by atoms with Gasteiger partial charge in [0.1, 0.15) is 11.5 Å². The van der Waals surface area contributed by atoms with Crippen molar-refractivity contribution in [2.24, 2.45) is 0 Å². The van der Waals surface area contributed by atoms with E-state index >= 15 is 0 Å². The Kier molecular flexibility index (Phi) is 6.62. The van der Waals surface area contributed by atoms with Gasteiger partial charge in [-0.3, -0.25) is 0 Å². The zero-order valence-corrected chi connectivity index (χ0v) is 16.3. The molecule has 0 fully saturated rings. The molecule has 0 aliphatic rings. The monoisotopic (exact) mass is 379 g/mol. The predicted octanol–water partition coefficient (Wildman–Crippen LogP) is 4.07. The number of methoxy groups -OCH3 is 1. The van der Waals surface area contributed by atoms with Gasteiger partial charge >= 0.3 is 0 Å². The van der Waals surface area contributed by atoms with E-state index in [1.165, 1.54) is 5.56 Å². The summed E-state index contributed by atoms with van der Waals surface area (Å²) in [6.07, 6.45) is 2.55. The number of anilines is 3. The van der Waals surface area contributed by atoms with Crippen LogP contribution in [0.1, 0.15) is 19.4 Å². The first-order valence-corrected chi connectivity index (χ1v) is 9.23. The molecule has 0 amide bonds. The second-order valence-electron chi connectivity index (χ2n) is 6.48. The fraction of sp³-hybridized carbons (Fsp3) is 0.286. The van der Waals surface area contributed by atoms with Crippen molar-refractivity contribution in [2.45, 2.75) is 26.4 Å². The van der Waals surface area contributed by atoms with Crippen LogP contribution in [0.25, 0.3) is 0 Å². The van der Waals surface area contributed by atoms with Gasteiger partial charge in [0.2, 0.25) is 5.95 Å². The second-order valence-corrected chi connectivity index (χ2v) is 6.48. The summed E-state index contributed by atoms with van der Waals surface area (Å²) in [4.78, 5) is 4.48. The van der Waals surface area contributed by atoms with Crippen LogP contribution in [0.4, 0.5) is 17.5 Å². The third-order valence-corrected chi connectivity index (χ3v) is 3.93.